The van der Waals surface area contributed by atoms with Gasteiger partial charge in [-0.2, -0.15) is 0 Å². The molecule has 0 aliphatic carbocycles. The van der Waals surface area contributed by atoms with Crippen LogP contribution >= 0.6 is 0 Å². The van der Waals surface area contributed by atoms with Gasteiger partial charge in [0.15, 0.2) is 0 Å². The maximum atomic E-state index is 12.3. The molecule has 0 amide bonds. The van der Waals surface area contributed by atoms with Crippen molar-refractivity contribution in [3.63, 3.8) is 0 Å². The summed E-state index contributed by atoms with van der Waals surface area (Å²) in [5.41, 5.74) is 0.611. The molecule has 1 aromatic carbocycles. The molecule has 0 bridgehead atoms. The molecule has 0 saturated heterocycles. The Hall–Kier alpha value is -1.86. The lowest BCUT2D eigenvalue weighted by atomic mass is 10.3. The van der Waals surface area contributed by atoms with E-state index in [1.807, 2.05) is 23.9 Å². The lowest BCUT2D eigenvalue weighted by Gasteiger charge is -2.16. The first kappa shape index (κ1) is 15.5. The summed E-state index contributed by atoms with van der Waals surface area (Å²) in [5.74, 6) is 0.954. The number of nitrogens with one attached hydrogen (secondary N) is 1. The van der Waals surface area contributed by atoms with Crippen molar-refractivity contribution in [1.29, 1.82) is 0 Å². The maximum absolute atomic E-state index is 12.3. The summed E-state index contributed by atoms with van der Waals surface area (Å²) in [6.07, 6.45) is 4.36. The maximum Gasteiger partial charge on any atom is 0.244 e. The van der Waals surface area contributed by atoms with E-state index in [2.05, 4.69) is 10.3 Å². The standard InChI is InChI=1S/C14H20N4O2S/c1-17(2)21(19,20)13-7-5-4-6-12(13)15-9-8-14-16-10-11-18(14)3/h4-7,10-11,15H,8-9H2,1-3H3. The molecule has 1 heterocycles. The first-order valence-corrected chi connectivity index (χ1v) is 8.08. The zero-order valence-electron chi connectivity index (χ0n) is 12.4. The molecule has 21 heavy (non-hydrogen) atoms. The Morgan fingerprint density at radius 3 is 2.62 bits per heavy atom. The van der Waals surface area contributed by atoms with Crippen molar-refractivity contribution in [2.75, 3.05) is 26.0 Å². The Bertz CT molecular complexity index is 707. The van der Waals surface area contributed by atoms with Crippen molar-refractivity contribution in [2.24, 2.45) is 7.05 Å². The van der Waals surface area contributed by atoms with Gasteiger partial charge in [-0.05, 0) is 12.1 Å². The second-order valence-corrected chi connectivity index (χ2v) is 7.03. The summed E-state index contributed by atoms with van der Waals surface area (Å²) < 4.78 is 27.7. The SMILES string of the molecule is CN(C)S(=O)(=O)c1ccccc1NCCc1nccn1C. The van der Waals surface area contributed by atoms with Crippen molar-refractivity contribution < 1.29 is 8.42 Å². The predicted octanol–water partition coefficient (Wildman–Crippen LogP) is 1.32. The zero-order chi connectivity index (χ0) is 15.5. The van der Waals surface area contributed by atoms with Crippen LogP contribution in [-0.4, -0.2) is 42.9 Å². The number of rotatable bonds is 6. The third-order valence-corrected chi connectivity index (χ3v) is 5.10. The fraction of sp³-hybridized carbons (Fsp3) is 0.357. The lowest BCUT2D eigenvalue weighted by Crippen LogP contribution is -2.23. The van der Waals surface area contributed by atoms with E-state index in [1.165, 1.54) is 18.4 Å². The van der Waals surface area contributed by atoms with E-state index in [4.69, 9.17) is 0 Å². The third-order valence-electron chi connectivity index (χ3n) is 3.23. The van der Waals surface area contributed by atoms with Crippen molar-refractivity contribution in [2.45, 2.75) is 11.3 Å². The molecule has 7 heteroatoms. The molecule has 0 saturated carbocycles. The average Bonchev–Trinajstić information content (AvgIpc) is 2.85. The van der Waals surface area contributed by atoms with Crippen LogP contribution in [0.15, 0.2) is 41.6 Å². The van der Waals surface area contributed by atoms with Crippen molar-refractivity contribution in [3.8, 4) is 0 Å². The lowest BCUT2D eigenvalue weighted by molar-refractivity contribution is 0.521. The Labute approximate surface area is 125 Å². The van der Waals surface area contributed by atoms with Gasteiger partial charge in [0.2, 0.25) is 10.0 Å². The van der Waals surface area contributed by atoms with Gasteiger partial charge in [0, 0.05) is 46.5 Å². The van der Waals surface area contributed by atoms with E-state index >= 15 is 0 Å². The topological polar surface area (TPSA) is 67.2 Å². The van der Waals surface area contributed by atoms with Crippen LogP contribution < -0.4 is 5.32 Å². The summed E-state index contributed by atoms with van der Waals surface area (Å²) in [5, 5.41) is 3.18. The normalized spacial score (nSPS) is 11.8. The van der Waals surface area contributed by atoms with E-state index < -0.39 is 10.0 Å². The van der Waals surface area contributed by atoms with Crippen molar-refractivity contribution in [3.05, 3.63) is 42.5 Å². The molecule has 114 valence electrons. The average molecular weight is 308 g/mol. The Morgan fingerprint density at radius 1 is 1.29 bits per heavy atom. The van der Waals surface area contributed by atoms with Gasteiger partial charge < -0.3 is 9.88 Å². The Balaban J connectivity index is 2.13. The quantitative estimate of drug-likeness (QED) is 0.874. The van der Waals surface area contributed by atoms with Crippen LogP contribution in [0, 0.1) is 0 Å². The van der Waals surface area contributed by atoms with Crippen LogP contribution in [0.1, 0.15) is 5.82 Å². The van der Waals surface area contributed by atoms with Gasteiger partial charge in [-0.25, -0.2) is 17.7 Å². The van der Waals surface area contributed by atoms with E-state index in [1.54, 1.807) is 24.4 Å². The number of aromatic nitrogens is 2. The van der Waals surface area contributed by atoms with Gasteiger partial charge in [0.25, 0.3) is 0 Å². The molecule has 2 aromatic rings. The van der Waals surface area contributed by atoms with Gasteiger partial charge in [0.05, 0.1) is 5.69 Å². The summed E-state index contributed by atoms with van der Waals surface area (Å²) >= 11 is 0. The number of para-hydroxylation sites is 1. The molecule has 0 aliphatic heterocycles. The number of benzene rings is 1. The molecular formula is C14H20N4O2S. The monoisotopic (exact) mass is 308 g/mol. The second-order valence-electron chi connectivity index (χ2n) is 4.91. The van der Waals surface area contributed by atoms with Gasteiger partial charge >= 0.3 is 0 Å². The highest BCUT2D eigenvalue weighted by atomic mass is 32.2. The first-order chi connectivity index (χ1) is 9.93. The van der Waals surface area contributed by atoms with Crippen LogP contribution in [0.4, 0.5) is 5.69 Å². The summed E-state index contributed by atoms with van der Waals surface area (Å²) in [6.45, 7) is 0.616. The number of hydrogen-bond acceptors (Lipinski definition) is 4. The largest absolute Gasteiger partial charge is 0.383 e. The van der Waals surface area contributed by atoms with Crippen molar-refractivity contribution >= 4 is 15.7 Å². The fourth-order valence-corrected chi connectivity index (χ4v) is 3.04. The first-order valence-electron chi connectivity index (χ1n) is 6.64. The third kappa shape index (κ3) is 3.43. The van der Waals surface area contributed by atoms with Gasteiger partial charge in [-0.15, -0.1) is 0 Å². The highest BCUT2D eigenvalue weighted by Crippen LogP contribution is 2.22. The molecule has 0 unspecified atom stereocenters. The molecule has 0 spiro atoms. The number of imidazole rings is 1. The summed E-state index contributed by atoms with van der Waals surface area (Å²) in [4.78, 5) is 4.53. The number of anilines is 1. The second kappa shape index (κ2) is 6.28. The molecule has 0 aliphatic rings. The van der Waals surface area contributed by atoms with E-state index in [0.717, 1.165) is 12.2 Å². The predicted molar refractivity (Wildman–Crippen MR) is 82.7 cm³/mol. The highest BCUT2D eigenvalue weighted by molar-refractivity contribution is 7.89. The minimum Gasteiger partial charge on any atom is -0.383 e. The van der Waals surface area contributed by atoms with Gasteiger partial charge in [-0.1, -0.05) is 12.1 Å². The van der Waals surface area contributed by atoms with E-state index in [-0.39, 0.29) is 4.90 Å². The molecule has 6 nitrogen and oxygen atoms in total. The zero-order valence-corrected chi connectivity index (χ0v) is 13.3. The number of sulfonamides is 1. The van der Waals surface area contributed by atoms with E-state index in [9.17, 15) is 8.42 Å². The Morgan fingerprint density at radius 2 is 2.00 bits per heavy atom. The number of aryl methyl sites for hydroxylation is 1. The molecule has 0 fully saturated rings. The Kier molecular flexibility index (Phi) is 4.64. The van der Waals surface area contributed by atoms with Crippen molar-refractivity contribution in [1.82, 2.24) is 13.9 Å². The molecule has 1 aromatic heterocycles. The minimum atomic E-state index is -3.45. The molecule has 2 rings (SSSR count). The smallest absolute Gasteiger partial charge is 0.244 e. The van der Waals surface area contributed by atoms with Crippen LogP contribution in [0.5, 0.6) is 0 Å². The molecule has 1 N–H and O–H groups in total. The molecule has 0 atom stereocenters. The van der Waals surface area contributed by atoms with Crippen LogP contribution in [0.25, 0.3) is 0 Å². The fourth-order valence-electron chi connectivity index (χ4n) is 1.98. The van der Waals surface area contributed by atoms with Crippen LogP contribution in [-0.2, 0) is 23.5 Å². The number of nitrogens with zero attached hydrogens (tertiary/aromatic N) is 3. The highest BCUT2D eigenvalue weighted by Gasteiger charge is 2.20. The molecule has 0 radical (unpaired) electrons. The van der Waals surface area contributed by atoms with E-state index in [0.29, 0.717) is 12.2 Å². The van der Waals surface area contributed by atoms with Gasteiger partial charge in [-0.3, -0.25) is 0 Å². The molecular weight excluding hydrogens is 288 g/mol. The number of hydrogen-bond donors (Lipinski definition) is 1. The van der Waals surface area contributed by atoms with Crippen LogP contribution in [0.3, 0.4) is 0 Å². The van der Waals surface area contributed by atoms with Crippen LogP contribution in [0.2, 0.25) is 0 Å². The summed E-state index contributed by atoms with van der Waals surface area (Å²) in [7, 11) is 1.54. The van der Waals surface area contributed by atoms with Gasteiger partial charge in [0.1, 0.15) is 10.7 Å². The minimum absolute atomic E-state index is 0.287. The summed E-state index contributed by atoms with van der Waals surface area (Å²) in [6, 6.07) is 6.92.